The van der Waals surface area contributed by atoms with E-state index in [1.807, 2.05) is 0 Å². The number of hydrogen-bond donors (Lipinski definition) is 2. The predicted octanol–water partition coefficient (Wildman–Crippen LogP) is 1.39. The standard InChI is InChI=1S/C18H19N3O4/c1-24-13-7-11-10(6-12(13)16(19)23)2-5-20-17(11)25-9-14-18(3-4-18)8-15(22)21-14/h2,5-7,14H,3-4,8-9H2,1H3,(H2,19,23)(H,21,22)/t14-/m1/s1. The van der Waals surface area contributed by atoms with Gasteiger partial charge in [-0.25, -0.2) is 4.98 Å². The quantitative estimate of drug-likeness (QED) is 0.855. The van der Waals surface area contributed by atoms with Crippen LogP contribution in [-0.4, -0.2) is 36.6 Å². The smallest absolute Gasteiger partial charge is 0.252 e. The Morgan fingerprint density at radius 3 is 2.92 bits per heavy atom. The molecule has 0 radical (unpaired) electrons. The Bertz CT molecular complexity index is 876. The van der Waals surface area contributed by atoms with Crippen LogP contribution in [0.25, 0.3) is 10.8 Å². The molecule has 0 unspecified atom stereocenters. The molecule has 2 aromatic rings. The van der Waals surface area contributed by atoms with Crippen molar-refractivity contribution in [3.05, 3.63) is 30.0 Å². The van der Waals surface area contributed by atoms with E-state index < -0.39 is 5.91 Å². The second-order valence-electron chi connectivity index (χ2n) is 6.72. The third-order valence-corrected chi connectivity index (χ3v) is 5.18. The van der Waals surface area contributed by atoms with Gasteiger partial charge in [-0.15, -0.1) is 0 Å². The Balaban J connectivity index is 1.63. The number of primary amides is 1. The number of carbonyl (C=O) groups is 2. The van der Waals surface area contributed by atoms with Crippen LogP contribution in [0.15, 0.2) is 24.4 Å². The number of carbonyl (C=O) groups excluding carboxylic acids is 2. The SMILES string of the molecule is COc1cc2c(OC[C@H]3NC(=O)CC34CC4)nccc2cc1C(N)=O. The summed E-state index contributed by atoms with van der Waals surface area (Å²) in [5, 5.41) is 4.52. The molecular weight excluding hydrogens is 322 g/mol. The molecular formula is C18H19N3O4. The number of hydrogen-bond acceptors (Lipinski definition) is 5. The van der Waals surface area contributed by atoms with E-state index in [-0.39, 0.29) is 17.4 Å². The van der Waals surface area contributed by atoms with Gasteiger partial charge in [0.05, 0.1) is 18.7 Å². The molecule has 2 fully saturated rings. The van der Waals surface area contributed by atoms with Crippen LogP contribution in [-0.2, 0) is 4.79 Å². The maximum atomic E-state index is 11.7. The van der Waals surface area contributed by atoms with Gasteiger partial charge in [0.15, 0.2) is 0 Å². The van der Waals surface area contributed by atoms with Gasteiger partial charge in [-0.2, -0.15) is 0 Å². The molecule has 1 aliphatic carbocycles. The number of benzene rings is 1. The summed E-state index contributed by atoms with van der Waals surface area (Å²) >= 11 is 0. The Kier molecular flexibility index (Phi) is 3.52. The number of fused-ring (bicyclic) bond motifs is 1. The van der Waals surface area contributed by atoms with E-state index in [4.69, 9.17) is 15.2 Å². The van der Waals surface area contributed by atoms with Gasteiger partial charge < -0.3 is 20.5 Å². The second kappa shape index (κ2) is 5.61. The molecule has 1 saturated carbocycles. The van der Waals surface area contributed by atoms with Gasteiger partial charge in [-0.1, -0.05) is 0 Å². The molecule has 4 rings (SSSR count). The summed E-state index contributed by atoms with van der Waals surface area (Å²) in [6.07, 6.45) is 4.31. The summed E-state index contributed by atoms with van der Waals surface area (Å²) in [6, 6.07) is 5.18. The highest BCUT2D eigenvalue weighted by Crippen LogP contribution is 2.54. The lowest BCUT2D eigenvalue weighted by atomic mass is 9.98. The molecule has 130 valence electrons. The van der Waals surface area contributed by atoms with Gasteiger partial charge in [-0.3, -0.25) is 9.59 Å². The van der Waals surface area contributed by atoms with Gasteiger partial charge in [0.1, 0.15) is 12.4 Å². The lowest BCUT2D eigenvalue weighted by Crippen LogP contribution is -2.35. The van der Waals surface area contributed by atoms with Gasteiger partial charge >= 0.3 is 0 Å². The van der Waals surface area contributed by atoms with Crippen LogP contribution in [0, 0.1) is 5.41 Å². The fourth-order valence-electron chi connectivity index (χ4n) is 3.56. The average Bonchev–Trinajstić information content (AvgIpc) is 3.29. The Hall–Kier alpha value is -2.83. The first-order valence-corrected chi connectivity index (χ1v) is 8.21. The molecule has 1 spiro atoms. The zero-order valence-corrected chi connectivity index (χ0v) is 13.9. The van der Waals surface area contributed by atoms with Crippen LogP contribution in [0.5, 0.6) is 11.6 Å². The minimum absolute atomic E-state index is 0.0174. The maximum absolute atomic E-state index is 11.7. The highest BCUT2D eigenvalue weighted by molar-refractivity contribution is 6.01. The van der Waals surface area contributed by atoms with Crippen molar-refractivity contribution in [2.75, 3.05) is 13.7 Å². The van der Waals surface area contributed by atoms with Crippen molar-refractivity contribution in [3.63, 3.8) is 0 Å². The molecule has 2 aliphatic rings. The monoisotopic (exact) mass is 341 g/mol. The molecule has 25 heavy (non-hydrogen) atoms. The summed E-state index contributed by atoms with van der Waals surface area (Å²) in [7, 11) is 1.48. The zero-order chi connectivity index (χ0) is 17.6. The first-order valence-electron chi connectivity index (χ1n) is 8.21. The van der Waals surface area contributed by atoms with Crippen LogP contribution in [0.4, 0.5) is 0 Å². The van der Waals surface area contributed by atoms with Crippen LogP contribution in [0.2, 0.25) is 0 Å². The number of nitrogens with two attached hydrogens (primary N) is 1. The van der Waals surface area contributed by atoms with Crippen LogP contribution in [0.1, 0.15) is 29.6 Å². The minimum Gasteiger partial charge on any atom is -0.496 e. The van der Waals surface area contributed by atoms with Crippen molar-refractivity contribution in [1.82, 2.24) is 10.3 Å². The van der Waals surface area contributed by atoms with Crippen molar-refractivity contribution >= 4 is 22.6 Å². The third-order valence-electron chi connectivity index (χ3n) is 5.18. The topological polar surface area (TPSA) is 104 Å². The van der Waals surface area contributed by atoms with Crippen molar-refractivity contribution in [3.8, 4) is 11.6 Å². The summed E-state index contributed by atoms with van der Waals surface area (Å²) in [5.41, 5.74) is 5.78. The van der Waals surface area contributed by atoms with E-state index in [0.717, 1.165) is 23.6 Å². The summed E-state index contributed by atoms with van der Waals surface area (Å²) in [5.74, 6) is 0.363. The summed E-state index contributed by atoms with van der Waals surface area (Å²) in [4.78, 5) is 27.5. The molecule has 1 saturated heterocycles. The zero-order valence-electron chi connectivity index (χ0n) is 13.9. The van der Waals surface area contributed by atoms with Crippen molar-refractivity contribution in [2.24, 2.45) is 11.1 Å². The Morgan fingerprint density at radius 1 is 1.44 bits per heavy atom. The number of nitrogens with one attached hydrogen (secondary N) is 1. The van der Waals surface area contributed by atoms with E-state index in [2.05, 4.69) is 10.3 Å². The molecule has 2 heterocycles. The molecule has 0 bridgehead atoms. The Labute approximate surface area is 144 Å². The van der Waals surface area contributed by atoms with E-state index >= 15 is 0 Å². The number of ether oxygens (including phenoxy) is 2. The van der Waals surface area contributed by atoms with Crippen molar-refractivity contribution in [1.29, 1.82) is 0 Å². The number of pyridine rings is 1. The van der Waals surface area contributed by atoms with Crippen LogP contribution >= 0.6 is 0 Å². The molecule has 7 nitrogen and oxygen atoms in total. The molecule has 1 aliphatic heterocycles. The minimum atomic E-state index is -0.553. The molecule has 2 amide bonds. The number of methoxy groups -OCH3 is 1. The fourth-order valence-corrected chi connectivity index (χ4v) is 3.56. The third kappa shape index (κ3) is 2.65. The number of rotatable bonds is 5. The first-order chi connectivity index (χ1) is 12.0. The highest BCUT2D eigenvalue weighted by atomic mass is 16.5. The van der Waals surface area contributed by atoms with Crippen LogP contribution < -0.4 is 20.5 Å². The van der Waals surface area contributed by atoms with Gasteiger partial charge in [0.25, 0.3) is 5.91 Å². The molecule has 1 aromatic carbocycles. The largest absolute Gasteiger partial charge is 0.496 e. The molecule has 1 atom stereocenters. The van der Waals surface area contributed by atoms with E-state index in [9.17, 15) is 9.59 Å². The van der Waals surface area contributed by atoms with E-state index in [1.54, 1.807) is 24.4 Å². The van der Waals surface area contributed by atoms with E-state index in [0.29, 0.717) is 30.2 Å². The lowest BCUT2D eigenvalue weighted by molar-refractivity contribution is -0.119. The highest BCUT2D eigenvalue weighted by Gasteiger charge is 2.55. The molecule has 3 N–H and O–H groups in total. The predicted molar refractivity (Wildman–Crippen MR) is 90.5 cm³/mol. The summed E-state index contributed by atoms with van der Waals surface area (Å²) in [6.45, 7) is 0.373. The van der Waals surface area contributed by atoms with Gasteiger partial charge in [-0.05, 0) is 36.4 Å². The van der Waals surface area contributed by atoms with Gasteiger partial charge in [0.2, 0.25) is 11.8 Å². The van der Waals surface area contributed by atoms with Crippen molar-refractivity contribution in [2.45, 2.75) is 25.3 Å². The number of nitrogens with zero attached hydrogens (tertiary/aromatic N) is 1. The van der Waals surface area contributed by atoms with E-state index in [1.165, 1.54) is 7.11 Å². The number of aromatic nitrogens is 1. The maximum Gasteiger partial charge on any atom is 0.252 e. The fraction of sp³-hybridized carbons (Fsp3) is 0.389. The molecule has 1 aromatic heterocycles. The normalized spacial score (nSPS) is 20.5. The first kappa shape index (κ1) is 15.7. The Morgan fingerprint density at radius 2 is 2.24 bits per heavy atom. The second-order valence-corrected chi connectivity index (χ2v) is 6.72. The van der Waals surface area contributed by atoms with Crippen LogP contribution in [0.3, 0.4) is 0 Å². The van der Waals surface area contributed by atoms with Gasteiger partial charge in [0, 0.05) is 23.4 Å². The summed E-state index contributed by atoms with van der Waals surface area (Å²) < 4.78 is 11.2. The number of amides is 2. The molecule has 7 heteroatoms. The lowest BCUT2D eigenvalue weighted by Gasteiger charge is -2.18. The average molecular weight is 341 g/mol. The van der Waals surface area contributed by atoms with Crippen molar-refractivity contribution < 1.29 is 19.1 Å².